The molecule has 1 aromatic heterocycles. The Morgan fingerprint density at radius 1 is 1.41 bits per heavy atom. The molecule has 0 aliphatic heterocycles. The molecule has 0 fully saturated rings. The van der Waals surface area contributed by atoms with Gasteiger partial charge < -0.3 is 15.8 Å². The van der Waals surface area contributed by atoms with Crippen molar-refractivity contribution in [3.63, 3.8) is 0 Å². The Labute approximate surface area is 132 Å². The number of hydrogen-bond acceptors (Lipinski definition) is 4. The molecule has 1 aromatic rings. The van der Waals surface area contributed by atoms with Crippen molar-refractivity contribution in [2.45, 2.75) is 38.4 Å². The van der Waals surface area contributed by atoms with Crippen molar-refractivity contribution in [3.05, 3.63) is 18.3 Å². The summed E-state index contributed by atoms with van der Waals surface area (Å²) in [5.41, 5.74) is 5.19. The summed E-state index contributed by atoms with van der Waals surface area (Å²) in [6, 6.07) is 2.65. The minimum atomic E-state index is -4.42. The first-order chi connectivity index (χ1) is 9.64. The zero-order chi connectivity index (χ0) is 16.1. The zero-order valence-corrected chi connectivity index (χ0v) is 13.1. The molecule has 0 aliphatic rings. The summed E-state index contributed by atoms with van der Waals surface area (Å²) in [6.07, 6.45) is -1.94. The van der Waals surface area contributed by atoms with E-state index in [4.69, 9.17) is 5.73 Å². The van der Waals surface area contributed by atoms with Gasteiger partial charge in [0.15, 0.2) is 6.61 Å². The third-order valence-corrected chi connectivity index (χ3v) is 2.67. The average molecular weight is 342 g/mol. The van der Waals surface area contributed by atoms with Gasteiger partial charge in [0.25, 0.3) is 0 Å². The molecule has 9 heteroatoms. The van der Waals surface area contributed by atoms with Gasteiger partial charge in [-0.2, -0.15) is 13.2 Å². The number of pyridine rings is 1. The smallest absolute Gasteiger partial charge is 0.422 e. The molecule has 3 N–H and O–H groups in total. The van der Waals surface area contributed by atoms with Crippen LogP contribution >= 0.6 is 12.4 Å². The third-order valence-electron chi connectivity index (χ3n) is 2.67. The predicted octanol–water partition coefficient (Wildman–Crippen LogP) is 2.90. The number of amides is 1. The monoisotopic (exact) mass is 341 g/mol. The average Bonchev–Trinajstić information content (AvgIpc) is 2.37. The Hall–Kier alpha value is -1.54. The minimum Gasteiger partial charge on any atom is -0.468 e. The van der Waals surface area contributed by atoms with Gasteiger partial charge in [0.1, 0.15) is 0 Å². The molecule has 1 atom stereocenters. The van der Waals surface area contributed by atoms with Crippen molar-refractivity contribution in [1.29, 1.82) is 0 Å². The van der Waals surface area contributed by atoms with Crippen LogP contribution in [0, 0.1) is 0 Å². The molecule has 0 saturated carbocycles. The molecule has 1 unspecified atom stereocenters. The van der Waals surface area contributed by atoms with Crippen LogP contribution in [0.25, 0.3) is 0 Å². The first-order valence-electron chi connectivity index (χ1n) is 6.40. The van der Waals surface area contributed by atoms with E-state index >= 15 is 0 Å². The van der Waals surface area contributed by atoms with Gasteiger partial charge in [-0.3, -0.25) is 4.79 Å². The number of carbonyl (C=O) groups excluding carboxylic acids is 1. The second-order valence-corrected chi connectivity index (χ2v) is 4.91. The Bertz CT molecular complexity index is 478. The highest BCUT2D eigenvalue weighted by molar-refractivity contribution is 5.97. The molecule has 0 spiro atoms. The summed E-state index contributed by atoms with van der Waals surface area (Å²) >= 11 is 0. The van der Waals surface area contributed by atoms with Gasteiger partial charge in [0.05, 0.1) is 17.4 Å². The first kappa shape index (κ1) is 20.5. The molecule has 0 radical (unpaired) electrons. The second-order valence-electron chi connectivity index (χ2n) is 4.91. The van der Waals surface area contributed by atoms with Crippen molar-refractivity contribution in [1.82, 2.24) is 4.98 Å². The molecule has 5 nitrogen and oxygen atoms in total. The number of nitrogens with zero attached hydrogens (tertiary/aromatic N) is 1. The third kappa shape index (κ3) is 6.95. The van der Waals surface area contributed by atoms with E-state index in [9.17, 15) is 18.0 Å². The first-order valence-corrected chi connectivity index (χ1v) is 6.40. The predicted molar refractivity (Wildman–Crippen MR) is 79.2 cm³/mol. The molecular weight excluding hydrogens is 323 g/mol. The number of alkyl halides is 3. The van der Waals surface area contributed by atoms with Crippen LogP contribution in [0.15, 0.2) is 18.3 Å². The van der Waals surface area contributed by atoms with Gasteiger partial charge in [-0.25, -0.2) is 4.98 Å². The lowest BCUT2D eigenvalue weighted by atomic mass is 9.96. The quantitative estimate of drug-likeness (QED) is 0.834. The van der Waals surface area contributed by atoms with Gasteiger partial charge in [-0.1, -0.05) is 13.3 Å². The number of anilines is 1. The molecule has 0 bridgehead atoms. The number of rotatable bonds is 6. The Kier molecular flexibility index (Phi) is 7.61. The Balaban J connectivity index is 0.00000441. The highest BCUT2D eigenvalue weighted by Crippen LogP contribution is 2.19. The van der Waals surface area contributed by atoms with E-state index in [1.54, 1.807) is 6.92 Å². The fourth-order valence-electron chi connectivity index (χ4n) is 1.60. The summed E-state index contributed by atoms with van der Waals surface area (Å²) in [4.78, 5) is 15.6. The maximum Gasteiger partial charge on any atom is 0.422 e. The van der Waals surface area contributed by atoms with Gasteiger partial charge in [-0.15, -0.1) is 12.4 Å². The fraction of sp³-hybridized carbons (Fsp3) is 0.538. The van der Waals surface area contributed by atoms with Crippen LogP contribution in [-0.2, 0) is 4.79 Å². The van der Waals surface area contributed by atoms with Crippen LogP contribution in [0.2, 0.25) is 0 Å². The van der Waals surface area contributed by atoms with Crippen molar-refractivity contribution < 1.29 is 22.7 Å². The molecule has 1 amide bonds. The molecule has 0 aromatic carbocycles. The van der Waals surface area contributed by atoms with Crippen LogP contribution in [0.5, 0.6) is 5.88 Å². The van der Waals surface area contributed by atoms with E-state index in [1.807, 2.05) is 6.92 Å². The number of ether oxygens (including phenoxy) is 1. The van der Waals surface area contributed by atoms with Gasteiger partial charge in [0, 0.05) is 6.07 Å². The van der Waals surface area contributed by atoms with Crippen LogP contribution < -0.4 is 15.8 Å². The van der Waals surface area contributed by atoms with Crippen LogP contribution in [0.1, 0.15) is 26.7 Å². The van der Waals surface area contributed by atoms with Crippen LogP contribution in [-0.4, -0.2) is 29.2 Å². The number of nitrogens with one attached hydrogen (secondary N) is 1. The van der Waals surface area contributed by atoms with Crippen molar-refractivity contribution in [2.75, 3.05) is 11.9 Å². The highest BCUT2D eigenvalue weighted by atomic mass is 35.5. The van der Waals surface area contributed by atoms with E-state index in [-0.39, 0.29) is 24.2 Å². The number of carbonyl (C=O) groups is 1. The number of nitrogens with two attached hydrogens (primary N) is 1. The second kappa shape index (κ2) is 8.19. The normalized spacial score (nSPS) is 13.7. The molecule has 1 rings (SSSR count). The Morgan fingerprint density at radius 3 is 2.50 bits per heavy atom. The zero-order valence-electron chi connectivity index (χ0n) is 12.2. The van der Waals surface area contributed by atoms with E-state index in [1.165, 1.54) is 18.3 Å². The van der Waals surface area contributed by atoms with Crippen molar-refractivity contribution in [3.8, 4) is 5.88 Å². The van der Waals surface area contributed by atoms with E-state index in [2.05, 4.69) is 15.0 Å². The molecule has 0 saturated heterocycles. The molecular formula is C13H19ClF3N3O2. The number of aromatic nitrogens is 1. The van der Waals surface area contributed by atoms with Gasteiger partial charge >= 0.3 is 6.18 Å². The minimum absolute atomic E-state index is 0. The molecule has 22 heavy (non-hydrogen) atoms. The maximum absolute atomic E-state index is 12.0. The molecule has 1 heterocycles. The largest absolute Gasteiger partial charge is 0.468 e. The summed E-state index contributed by atoms with van der Waals surface area (Å²) in [5.74, 6) is -0.551. The molecule has 126 valence electrons. The number of halogens is 4. The van der Waals surface area contributed by atoms with Crippen molar-refractivity contribution >= 4 is 24.0 Å². The highest BCUT2D eigenvalue weighted by Gasteiger charge is 2.29. The summed E-state index contributed by atoms with van der Waals surface area (Å²) in [5, 5.41) is 2.56. The summed E-state index contributed by atoms with van der Waals surface area (Å²) in [7, 11) is 0. The van der Waals surface area contributed by atoms with E-state index in [0.717, 1.165) is 6.42 Å². The lowest BCUT2D eigenvalue weighted by Gasteiger charge is -2.22. The van der Waals surface area contributed by atoms with Crippen LogP contribution in [0.3, 0.4) is 0 Å². The van der Waals surface area contributed by atoms with Crippen molar-refractivity contribution in [2.24, 2.45) is 5.73 Å². The lowest BCUT2D eigenvalue weighted by Crippen LogP contribution is -2.48. The number of hydrogen-bond donors (Lipinski definition) is 2. The SMILES string of the molecule is CCCC(C)(N)C(=O)Nc1ccc(OCC(F)(F)F)nc1.Cl. The molecule has 0 aliphatic carbocycles. The summed E-state index contributed by atoms with van der Waals surface area (Å²) < 4.78 is 40.4. The van der Waals surface area contributed by atoms with E-state index in [0.29, 0.717) is 12.1 Å². The van der Waals surface area contributed by atoms with Crippen LogP contribution in [0.4, 0.5) is 18.9 Å². The standard InChI is InChI=1S/C13H18F3N3O2.ClH/c1-3-6-12(2,17)11(20)19-9-4-5-10(18-7-9)21-8-13(14,15)16;/h4-5,7H,3,6,8,17H2,1-2H3,(H,19,20);1H. The fourth-order valence-corrected chi connectivity index (χ4v) is 1.60. The maximum atomic E-state index is 12.0. The summed E-state index contributed by atoms with van der Waals surface area (Å²) in [6.45, 7) is 2.11. The topological polar surface area (TPSA) is 77.2 Å². The van der Waals surface area contributed by atoms with E-state index < -0.39 is 18.3 Å². The van der Waals surface area contributed by atoms with Gasteiger partial charge in [-0.05, 0) is 19.4 Å². The lowest BCUT2D eigenvalue weighted by molar-refractivity contribution is -0.154. The van der Waals surface area contributed by atoms with Gasteiger partial charge in [0.2, 0.25) is 11.8 Å². The Morgan fingerprint density at radius 2 is 2.05 bits per heavy atom.